The van der Waals surface area contributed by atoms with Crippen molar-refractivity contribution in [2.45, 2.75) is 26.4 Å². The molecule has 0 spiro atoms. The Hall–Kier alpha value is -3.07. The summed E-state index contributed by atoms with van der Waals surface area (Å²) in [6, 6.07) is 3.81. The third kappa shape index (κ3) is 5.70. The summed E-state index contributed by atoms with van der Waals surface area (Å²) >= 11 is 3.07. The second-order valence-electron chi connectivity index (χ2n) is 8.12. The molecule has 1 amide bonds. The summed E-state index contributed by atoms with van der Waals surface area (Å²) in [5, 5.41) is 11.3. The molecule has 0 saturated carbocycles. The van der Waals surface area contributed by atoms with Gasteiger partial charge in [0.05, 0.1) is 10.2 Å². The van der Waals surface area contributed by atoms with Crippen LogP contribution in [0.3, 0.4) is 0 Å². The maximum Gasteiger partial charge on any atom is 0.446 e. The Balaban J connectivity index is 2.11. The predicted molar refractivity (Wildman–Crippen MR) is 124 cm³/mol. The molecule has 1 atom stereocenters. The number of benzene rings is 1. The van der Waals surface area contributed by atoms with Crippen molar-refractivity contribution < 1.29 is 27.3 Å². The molecule has 2 heterocycles. The van der Waals surface area contributed by atoms with Crippen molar-refractivity contribution in [2.24, 2.45) is 4.36 Å². The normalized spacial score (nSPS) is 13.4. The molecule has 0 fully saturated rings. The van der Waals surface area contributed by atoms with E-state index in [0.717, 1.165) is 15.5 Å². The zero-order valence-corrected chi connectivity index (χ0v) is 21.3. The predicted octanol–water partition coefficient (Wildman–Crippen LogP) is 3.25. The Bertz CT molecular complexity index is 1380. The SMILES string of the molecule is CN=S(C)(=O)CCN(C(=O)OC(C)(C)C)c1nonc1-c1noc(=O)n1-c1ccc(F)c(Br)c1. The van der Waals surface area contributed by atoms with Crippen molar-refractivity contribution in [3.8, 4) is 17.2 Å². The van der Waals surface area contributed by atoms with Gasteiger partial charge in [-0.15, -0.1) is 0 Å². The van der Waals surface area contributed by atoms with Crippen molar-refractivity contribution in [3.63, 3.8) is 0 Å². The van der Waals surface area contributed by atoms with E-state index in [2.05, 4.69) is 35.8 Å². The standard InChI is InChI=1S/C19H22BrFN6O6S/c1-19(2,3)31-17(28)26(8-9-34(5,30)22-4)15-14(23-33-25-15)16-24-32-18(29)27(16)11-6-7-13(21)12(20)10-11/h6-7,10H,8-9H2,1-5H3. The van der Waals surface area contributed by atoms with E-state index in [0.29, 0.717) is 0 Å². The van der Waals surface area contributed by atoms with Gasteiger partial charge in [0.1, 0.15) is 11.4 Å². The topological polar surface area (TPSA) is 146 Å². The molecule has 184 valence electrons. The van der Waals surface area contributed by atoms with Gasteiger partial charge in [0.2, 0.25) is 11.6 Å². The number of rotatable bonds is 6. The molecule has 0 aliphatic carbocycles. The fraction of sp³-hybridized carbons (Fsp3) is 0.421. The molecule has 1 unspecified atom stereocenters. The molecule has 15 heteroatoms. The number of ether oxygens (including phenoxy) is 1. The Morgan fingerprint density at radius 3 is 2.65 bits per heavy atom. The minimum absolute atomic E-state index is 0.00836. The van der Waals surface area contributed by atoms with Crippen LogP contribution in [0.5, 0.6) is 0 Å². The molecule has 34 heavy (non-hydrogen) atoms. The number of carbonyl (C=O) groups excluding carboxylic acids is 1. The molecule has 0 N–H and O–H groups in total. The van der Waals surface area contributed by atoms with Crippen molar-refractivity contribution >= 4 is 37.6 Å². The molecule has 0 radical (unpaired) electrons. The van der Waals surface area contributed by atoms with Crippen molar-refractivity contribution in [2.75, 3.05) is 30.5 Å². The van der Waals surface area contributed by atoms with Crippen LogP contribution in [0, 0.1) is 5.82 Å². The van der Waals surface area contributed by atoms with E-state index in [1.165, 1.54) is 25.4 Å². The third-order valence-corrected chi connectivity index (χ3v) is 6.72. The van der Waals surface area contributed by atoms with Gasteiger partial charge in [0.25, 0.3) is 0 Å². The molecule has 1 aromatic carbocycles. The van der Waals surface area contributed by atoms with Gasteiger partial charge in [0.15, 0.2) is 5.69 Å². The van der Waals surface area contributed by atoms with Crippen LogP contribution in [0.4, 0.5) is 15.0 Å². The zero-order chi connectivity index (χ0) is 25.3. The van der Waals surface area contributed by atoms with Gasteiger partial charge in [-0.25, -0.2) is 31.7 Å². The Kier molecular flexibility index (Phi) is 7.26. The number of hydrogen-bond acceptors (Lipinski definition) is 10. The monoisotopic (exact) mass is 560 g/mol. The van der Waals surface area contributed by atoms with Crippen LogP contribution in [-0.4, -0.2) is 61.5 Å². The molecule has 0 aliphatic heterocycles. The lowest BCUT2D eigenvalue weighted by molar-refractivity contribution is 0.0580. The second kappa shape index (κ2) is 9.66. The number of halogens is 2. The molecule has 0 aliphatic rings. The van der Waals surface area contributed by atoms with Crippen molar-refractivity contribution in [1.82, 2.24) is 20.0 Å². The number of anilines is 1. The number of hydrogen-bond donors (Lipinski definition) is 0. The lowest BCUT2D eigenvalue weighted by atomic mass is 10.2. The average Bonchev–Trinajstić information content (AvgIpc) is 3.35. The van der Waals surface area contributed by atoms with Gasteiger partial charge in [-0.2, -0.15) is 0 Å². The molecule has 0 bridgehead atoms. The zero-order valence-electron chi connectivity index (χ0n) is 18.9. The first-order valence-electron chi connectivity index (χ1n) is 9.78. The highest BCUT2D eigenvalue weighted by atomic mass is 79.9. The quantitative estimate of drug-likeness (QED) is 0.443. The third-order valence-electron chi connectivity index (χ3n) is 4.40. The van der Waals surface area contributed by atoms with Crippen molar-refractivity contribution in [1.29, 1.82) is 0 Å². The molecule has 12 nitrogen and oxygen atoms in total. The fourth-order valence-electron chi connectivity index (χ4n) is 2.71. The van der Waals surface area contributed by atoms with E-state index in [1.54, 1.807) is 20.8 Å². The highest BCUT2D eigenvalue weighted by molar-refractivity contribution is 9.10. The first-order valence-corrected chi connectivity index (χ1v) is 12.7. The first-order chi connectivity index (χ1) is 15.8. The van der Waals surface area contributed by atoms with Gasteiger partial charge >= 0.3 is 11.8 Å². The maximum absolute atomic E-state index is 13.7. The molecular weight excluding hydrogens is 539 g/mol. The number of carbonyl (C=O) groups is 1. The highest BCUT2D eigenvalue weighted by Crippen LogP contribution is 2.29. The molecule has 2 aromatic heterocycles. The van der Waals surface area contributed by atoms with Gasteiger partial charge in [-0.1, -0.05) is 5.16 Å². The number of aromatic nitrogens is 4. The van der Waals surface area contributed by atoms with Crippen molar-refractivity contribution in [3.05, 3.63) is 39.0 Å². The Morgan fingerprint density at radius 2 is 2.03 bits per heavy atom. The van der Waals surface area contributed by atoms with Crippen LogP contribution in [-0.2, 0) is 14.5 Å². The molecular formula is C19H22BrFN6O6S. The minimum Gasteiger partial charge on any atom is -0.443 e. The summed E-state index contributed by atoms with van der Waals surface area (Å²) < 4.78 is 46.2. The summed E-state index contributed by atoms with van der Waals surface area (Å²) in [5.74, 6) is -1.76. The average molecular weight is 561 g/mol. The smallest absolute Gasteiger partial charge is 0.443 e. The van der Waals surface area contributed by atoms with Gasteiger partial charge in [0, 0.05) is 35.3 Å². The van der Waals surface area contributed by atoms with Crippen LogP contribution >= 0.6 is 15.9 Å². The van der Waals surface area contributed by atoms with Crippen LogP contribution in [0.15, 0.2) is 41.0 Å². The summed E-state index contributed by atoms with van der Waals surface area (Å²) in [6.45, 7) is 4.91. The van der Waals surface area contributed by atoms with Crippen LogP contribution in [0.25, 0.3) is 17.2 Å². The van der Waals surface area contributed by atoms with Crippen LogP contribution < -0.4 is 10.7 Å². The van der Waals surface area contributed by atoms with Crippen LogP contribution in [0.2, 0.25) is 0 Å². The second-order valence-corrected chi connectivity index (χ2v) is 11.7. The summed E-state index contributed by atoms with van der Waals surface area (Å²) in [6.07, 6.45) is 0.627. The number of nitrogens with zero attached hydrogens (tertiary/aromatic N) is 6. The summed E-state index contributed by atoms with van der Waals surface area (Å²) in [4.78, 5) is 26.5. The fourth-order valence-corrected chi connectivity index (χ4v) is 3.78. The van der Waals surface area contributed by atoms with E-state index < -0.39 is 33.0 Å². The van der Waals surface area contributed by atoms with Gasteiger partial charge < -0.3 is 4.74 Å². The van der Waals surface area contributed by atoms with E-state index in [4.69, 9.17) is 13.9 Å². The summed E-state index contributed by atoms with van der Waals surface area (Å²) in [5.41, 5.74) is -0.784. The minimum atomic E-state index is -2.60. The lowest BCUT2D eigenvalue weighted by Gasteiger charge is -2.26. The highest BCUT2D eigenvalue weighted by Gasteiger charge is 2.32. The Morgan fingerprint density at radius 1 is 1.32 bits per heavy atom. The largest absolute Gasteiger partial charge is 0.446 e. The van der Waals surface area contributed by atoms with E-state index in [-0.39, 0.29) is 39.8 Å². The maximum atomic E-state index is 13.7. The Labute approximate surface area is 202 Å². The lowest BCUT2D eigenvalue weighted by Crippen LogP contribution is -2.40. The van der Waals surface area contributed by atoms with E-state index in [1.807, 2.05) is 0 Å². The van der Waals surface area contributed by atoms with E-state index >= 15 is 0 Å². The summed E-state index contributed by atoms with van der Waals surface area (Å²) in [7, 11) is -1.18. The first kappa shape index (κ1) is 25.6. The van der Waals surface area contributed by atoms with Crippen LogP contribution in [0.1, 0.15) is 20.8 Å². The molecule has 3 rings (SSSR count). The van der Waals surface area contributed by atoms with E-state index in [9.17, 15) is 18.2 Å². The molecule has 0 saturated heterocycles. The van der Waals surface area contributed by atoms with Gasteiger partial charge in [-0.05, 0) is 65.2 Å². The number of amides is 1. The molecule has 3 aromatic rings. The van der Waals surface area contributed by atoms with Gasteiger partial charge in [-0.3, -0.25) is 9.42 Å².